The predicted octanol–water partition coefficient (Wildman–Crippen LogP) is 6.03. The minimum Gasteiger partial charge on any atom is -0.113 e. The smallest absolute Gasteiger partial charge is 0.0846 e. The molecular weight excluding hydrogens is 387 g/mol. The van der Waals surface area contributed by atoms with E-state index in [9.17, 15) is 0 Å². The minimum absolute atomic E-state index is 0.103. The van der Waals surface area contributed by atoms with Crippen molar-refractivity contribution >= 4 is 43.5 Å². The van der Waals surface area contributed by atoms with Gasteiger partial charge in [0.15, 0.2) is 0 Å². The van der Waals surface area contributed by atoms with E-state index < -0.39 is 0 Å². The van der Waals surface area contributed by atoms with Crippen LogP contribution in [0, 0.1) is 0 Å². The highest BCUT2D eigenvalue weighted by Gasteiger charge is 2.17. The third kappa shape index (κ3) is 2.76. The van der Waals surface area contributed by atoms with Gasteiger partial charge < -0.3 is 0 Å². The van der Waals surface area contributed by atoms with Crippen molar-refractivity contribution in [3.63, 3.8) is 0 Å². The zero-order chi connectivity index (χ0) is 13.4. The summed E-state index contributed by atoms with van der Waals surface area (Å²) in [7, 11) is 0. The van der Waals surface area contributed by atoms with Crippen LogP contribution in [-0.4, -0.2) is 0 Å². The lowest BCUT2D eigenvalue weighted by molar-refractivity contribution is 0.911. The highest BCUT2D eigenvalue weighted by molar-refractivity contribution is 9.11. The van der Waals surface area contributed by atoms with Crippen LogP contribution in [-0.2, 0) is 12.8 Å². The second-order valence-corrected chi connectivity index (χ2v) is 7.12. The molecule has 98 valence electrons. The number of aryl methyl sites for hydroxylation is 2. The number of hydrogen-bond donors (Lipinski definition) is 0. The number of alkyl halides is 1. The second-order valence-electron chi connectivity index (χ2n) is 4.91. The maximum Gasteiger partial charge on any atom is 0.0846 e. The number of benzene rings is 2. The number of hydrogen-bond acceptors (Lipinski definition) is 0. The first-order valence-corrected chi connectivity index (χ1v) is 8.38. The Labute approximate surface area is 135 Å². The second kappa shape index (κ2) is 5.59. The molecule has 2 aromatic carbocycles. The maximum absolute atomic E-state index is 6.65. The fourth-order valence-electron chi connectivity index (χ4n) is 2.64. The van der Waals surface area contributed by atoms with Crippen LogP contribution in [0.15, 0.2) is 45.3 Å². The topological polar surface area (TPSA) is 0 Å². The van der Waals surface area contributed by atoms with Gasteiger partial charge in [0.1, 0.15) is 0 Å². The Kier molecular flexibility index (Phi) is 4.02. The Balaban J connectivity index is 1.97. The first-order valence-electron chi connectivity index (χ1n) is 6.36. The van der Waals surface area contributed by atoms with Gasteiger partial charge >= 0.3 is 0 Å². The molecule has 3 rings (SSSR count). The molecule has 0 spiro atoms. The van der Waals surface area contributed by atoms with E-state index in [1.165, 1.54) is 36.0 Å². The lowest BCUT2D eigenvalue weighted by Gasteiger charge is -2.14. The molecule has 1 aliphatic carbocycles. The summed E-state index contributed by atoms with van der Waals surface area (Å²) < 4.78 is 2.10. The van der Waals surface area contributed by atoms with Crippen LogP contribution in [0.25, 0.3) is 0 Å². The summed E-state index contributed by atoms with van der Waals surface area (Å²) in [5.41, 5.74) is 5.26. The molecule has 0 aromatic heterocycles. The first-order chi connectivity index (χ1) is 9.15. The van der Waals surface area contributed by atoms with Gasteiger partial charge in [0.2, 0.25) is 0 Å². The average molecular weight is 401 g/mol. The molecule has 0 nitrogen and oxygen atoms in total. The quantitative estimate of drug-likeness (QED) is 0.540. The van der Waals surface area contributed by atoms with E-state index in [2.05, 4.69) is 56.1 Å². The van der Waals surface area contributed by atoms with Crippen molar-refractivity contribution in [1.82, 2.24) is 0 Å². The highest BCUT2D eigenvalue weighted by Crippen LogP contribution is 2.36. The van der Waals surface area contributed by atoms with E-state index in [-0.39, 0.29) is 5.38 Å². The Morgan fingerprint density at radius 3 is 2.53 bits per heavy atom. The van der Waals surface area contributed by atoms with Crippen LogP contribution in [0.3, 0.4) is 0 Å². The summed E-state index contributed by atoms with van der Waals surface area (Å²) in [5, 5.41) is -0.103. The lowest BCUT2D eigenvalue weighted by Crippen LogP contribution is -1.96. The van der Waals surface area contributed by atoms with E-state index in [0.717, 1.165) is 14.5 Å². The van der Waals surface area contributed by atoms with Crippen molar-refractivity contribution in [3.05, 3.63) is 67.6 Å². The van der Waals surface area contributed by atoms with Crippen molar-refractivity contribution in [2.24, 2.45) is 0 Å². The Bertz CT molecular complexity index is 622. The average Bonchev–Trinajstić information content (AvgIpc) is 2.85. The number of fused-ring (bicyclic) bond motifs is 1. The van der Waals surface area contributed by atoms with Crippen molar-refractivity contribution in [2.75, 3.05) is 0 Å². The summed E-state index contributed by atoms with van der Waals surface area (Å²) in [5.74, 6) is 0. The molecule has 0 fully saturated rings. The number of rotatable bonds is 2. The minimum atomic E-state index is -0.103. The van der Waals surface area contributed by atoms with Gasteiger partial charge in [-0.05, 0) is 53.6 Å². The molecule has 3 heteroatoms. The fraction of sp³-hybridized carbons (Fsp3) is 0.250. The molecule has 0 heterocycles. The largest absolute Gasteiger partial charge is 0.113 e. The van der Waals surface area contributed by atoms with Crippen LogP contribution in [0.2, 0.25) is 0 Å². The molecule has 19 heavy (non-hydrogen) atoms. The molecule has 0 N–H and O–H groups in total. The molecule has 0 saturated carbocycles. The number of halogens is 3. The van der Waals surface area contributed by atoms with Crippen LogP contribution in [0.1, 0.15) is 34.1 Å². The molecule has 2 aromatic rings. The van der Waals surface area contributed by atoms with E-state index in [1.54, 1.807) is 0 Å². The van der Waals surface area contributed by atoms with Crippen molar-refractivity contribution in [3.8, 4) is 0 Å². The van der Waals surface area contributed by atoms with Gasteiger partial charge in [0.25, 0.3) is 0 Å². The van der Waals surface area contributed by atoms with Crippen LogP contribution < -0.4 is 0 Å². The molecule has 1 unspecified atom stereocenters. The summed E-state index contributed by atoms with van der Waals surface area (Å²) in [6.45, 7) is 0. The molecule has 0 saturated heterocycles. The highest BCUT2D eigenvalue weighted by atomic mass is 79.9. The zero-order valence-electron chi connectivity index (χ0n) is 10.3. The van der Waals surface area contributed by atoms with Crippen LogP contribution in [0.4, 0.5) is 0 Å². The summed E-state index contributed by atoms with van der Waals surface area (Å²) in [6.07, 6.45) is 3.67. The SMILES string of the molecule is ClC(c1ccc2c(c1)CCC2)c1ccc(Br)cc1Br. The van der Waals surface area contributed by atoms with E-state index in [0.29, 0.717) is 0 Å². The molecular formula is C16H13Br2Cl. The Morgan fingerprint density at radius 1 is 0.947 bits per heavy atom. The summed E-state index contributed by atoms with van der Waals surface area (Å²) in [4.78, 5) is 0. The standard InChI is InChI=1S/C16H13Br2Cl/c17-13-6-7-14(15(18)9-13)16(19)12-5-4-10-2-1-3-11(10)8-12/h4-9,16H,1-3H2. The van der Waals surface area contributed by atoms with Gasteiger partial charge in [-0.25, -0.2) is 0 Å². The van der Waals surface area contributed by atoms with Crippen molar-refractivity contribution in [2.45, 2.75) is 24.6 Å². The van der Waals surface area contributed by atoms with Gasteiger partial charge in [-0.2, -0.15) is 0 Å². The normalized spacial score (nSPS) is 15.3. The zero-order valence-corrected chi connectivity index (χ0v) is 14.2. The van der Waals surface area contributed by atoms with E-state index in [1.807, 2.05) is 12.1 Å². The lowest BCUT2D eigenvalue weighted by atomic mass is 10.00. The van der Waals surface area contributed by atoms with Gasteiger partial charge in [0.05, 0.1) is 5.38 Å². The molecule has 0 amide bonds. The molecule has 0 bridgehead atoms. The van der Waals surface area contributed by atoms with Gasteiger partial charge in [-0.1, -0.05) is 56.1 Å². The third-order valence-electron chi connectivity index (χ3n) is 3.65. The van der Waals surface area contributed by atoms with E-state index in [4.69, 9.17) is 11.6 Å². The van der Waals surface area contributed by atoms with Crippen LogP contribution in [0.5, 0.6) is 0 Å². The third-order valence-corrected chi connectivity index (χ3v) is 5.32. The van der Waals surface area contributed by atoms with Crippen molar-refractivity contribution < 1.29 is 0 Å². The van der Waals surface area contributed by atoms with E-state index >= 15 is 0 Å². The summed E-state index contributed by atoms with van der Waals surface area (Å²) in [6, 6.07) is 12.8. The predicted molar refractivity (Wildman–Crippen MR) is 88.0 cm³/mol. The Morgan fingerprint density at radius 2 is 1.74 bits per heavy atom. The first kappa shape index (κ1) is 13.7. The molecule has 0 aliphatic heterocycles. The van der Waals surface area contributed by atoms with Gasteiger partial charge in [0, 0.05) is 8.95 Å². The van der Waals surface area contributed by atoms with Crippen LogP contribution >= 0.6 is 43.5 Å². The van der Waals surface area contributed by atoms with Crippen molar-refractivity contribution in [1.29, 1.82) is 0 Å². The van der Waals surface area contributed by atoms with Gasteiger partial charge in [-0.3, -0.25) is 0 Å². The van der Waals surface area contributed by atoms with Gasteiger partial charge in [-0.15, -0.1) is 11.6 Å². The maximum atomic E-state index is 6.65. The molecule has 0 radical (unpaired) electrons. The monoisotopic (exact) mass is 398 g/mol. The fourth-order valence-corrected chi connectivity index (χ4v) is 4.37. The molecule has 1 aliphatic rings. The summed E-state index contributed by atoms with van der Waals surface area (Å²) >= 11 is 13.7. The Hall–Kier alpha value is -0.310. The molecule has 1 atom stereocenters.